The summed E-state index contributed by atoms with van der Waals surface area (Å²) in [5, 5.41) is 3.66. The van der Waals surface area contributed by atoms with E-state index in [-0.39, 0.29) is 0 Å². The lowest BCUT2D eigenvalue weighted by Gasteiger charge is -2.36. The summed E-state index contributed by atoms with van der Waals surface area (Å²) in [4.78, 5) is 17.0. The Morgan fingerprint density at radius 3 is 2.52 bits per heavy atom. The van der Waals surface area contributed by atoms with Crippen LogP contribution in [0.25, 0.3) is 0 Å². The van der Waals surface area contributed by atoms with Crippen LogP contribution in [0.15, 0.2) is 0 Å². The molecule has 0 radical (unpaired) electrons. The fourth-order valence-corrected chi connectivity index (χ4v) is 4.93. The van der Waals surface area contributed by atoms with E-state index in [0.717, 1.165) is 58.2 Å². The molecule has 0 aromatic rings. The van der Waals surface area contributed by atoms with Crippen molar-refractivity contribution >= 4 is 17.7 Å². The van der Waals surface area contributed by atoms with Gasteiger partial charge < -0.3 is 10.2 Å². The van der Waals surface area contributed by atoms with Gasteiger partial charge in [-0.25, -0.2) is 0 Å². The highest BCUT2D eigenvalue weighted by atomic mass is 32.2. The summed E-state index contributed by atoms with van der Waals surface area (Å²) < 4.78 is 0. The number of hydrogen-bond donors (Lipinski definition) is 1. The van der Waals surface area contributed by atoms with Gasteiger partial charge in [0.25, 0.3) is 0 Å². The van der Waals surface area contributed by atoms with Crippen molar-refractivity contribution < 1.29 is 4.79 Å². The van der Waals surface area contributed by atoms with Crippen molar-refractivity contribution in [2.75, 3.05) is 50.8 Å². The van der Waals surface area contributed by atoms with Gasteiger partial charge in [-0.1, -0.05) is 12.8 Å². The third kappa shape index (κ3) is 4.36. The van der Waals surface area contributed by atoms with Crippen molar-refractivity contribution in [3.63, 3.8) is 0 Å². The zero-order valence-corrected chi connectivity index (χ0v) is 13.9. The second-order valence-electron chi connectivity index (χ2n) is 6.66. The normalized spacial score (nSPS) is 28.4. The SMILES string of the molecule is O=C(C1CCCC1)N1CCN(CCNC2CCSC2)CC1. The second kappa shape index (κ2) is 7.84. The predicted molar refractivity (Wildman–Crippen MR) is 88.7 cm³/mol. The van der Waals surface area contributed by atoms with Crippen LogP contribution in [-0.4, -0.2) is 72.5 Å². The summed E-state index contributed by atoms with van der Waals surface area (Å²) in [7, 11) is 0. The summed E-state index contributed by atoms with van der Waals surface area (Å²) >= 11 is 2.06. The summed E-state index contributed by atoms with van der Waals surface area (Å²) in [6.07, 6.45) is 6.09. The van der Waals surface area contributed by atoms with Gasteiger partial charge in [0.05, 0.1) is 0 Å². The lowest BCUT2D eigenvalue weighted by Crippen LogP contribution is -2.51. The van der Waals surface area contributed by atoms with E-state index < -0.39 is 0 Å². The van der Waals surface area contributed by atoms with Gasteiger partial charge in [-0.3, -0.25) is 9.69 Å². The van der Waals surface area contributed by atoms with Crippen LogP contribution in [0.3, 0.4) is 0 Å². The molecule has 0 spiro atoms. The van der Waals surface area contributed by atoms with E-state index in [1.807, 2.05) is 0 Å². The maximum atomic E-state index is 12.4. The standard InChI is InChI=1S/C16H29N3OS/c20-16(14-3-1-2-4-14)19-10-8-18(9-11-19)7-6-17-15-5-12-21-13-15/h14-15,17H,1-13H2. The molecule has 0 aromatic heterocycles. The molecular formula is C16H29N3OS. The van der Waals surface area contributed by atoms with Crippen molar-refractivity contribution in [3.05, 3.63) is 0 Å². The Balaban J connectivity index is 1.31. The molecule has 3 aliphatic rings. The number of nitrogens with one attached hydrogen (secondary N) is 1. The molecule has 3 rings (SSSR count). The van der Waals surface area contributed by atoms with Crippen LogP contribution in [-0.2, 0) is 4.79 Å². The molecule has 1 aliphatic carbocycles. The Bertz CT molecular complexity index is 332. The minimum absolute atomic E-state index is 0.345. The molecular weight excluding hydrogens is 282 g/mol. The second-order valence-corrected chi connectivity index (χ2v) is 7.81. The maximum Gasteiger partial charge on any atom is 0.225 e. The number of hydrogen-bond acceptors (Lipinski definition) is 4. The van der Waals surface area contributed by atoms with Crippen molar-refractivity contribution in [2.24, 2.45) is 5.92 Å². The minimum Gasteiger partial charge on any atom is -0.340 e. The smallest absolute Gasteiger partial charge is 0.225 e. The molecule has 1 amide bonds. The number of carbonyl (C=O) groups excluding carboxylic acids is 1. The average molecular weight is 311 g/mol. The van der Waals surface area contributed by atoms with Crippen LogP contribution >= 0.6 is 11.8 Å². The van der Waals surface area contributed by atoms with Crippen LogP contribution < -0.4 is 5.32 Å². The summed E-state index contributed by atoms with van der Waals surface area (Å²) in [6, 6.07) is 0.736. The molecule has 1 N–H and O–H groups in total. The Labute approximate surface area is 133 Å². The van der Waals surface area contributed by atoms with E-state index in [9.17, 15) is 4.79 Å². The monoisotopic (exact) mass is 311 g/mol. The molecule has 2 heterocycles. The quantitative estimate of drug-likeness (QED) is 0.833. The van der Waals surface area contributed by atoms with E-state index in [1.54, 1.807) is 0 Å². The molecule has 120 valence electrons. The van der Waals surface area contributed by atoms with E-state index in [4.69, 9.17) is 0 Å². The number of carbonyl (C=O) groups is 1. The fraction of sp³-hybridized carbons (Fsp3) is 0.938. The van der Waals surface area contributed by atoms with Gasteiger partial charge in [-0.05, 0) is 25.0 Å². The molecule has 3 fully saturated rings. The van der Waals surface area contributed by atoms with Crippen molar-refractivity contribution in [2.45, 2.75) is 38.1 Å². The van der Waals surface area contributed by atoms with Gasteiger partial charge in [0.2, 0.25) is 5.91 Å². The van der Waals surface area contributed by atoms with Crippen LogP contribution in [0.4, 0.5) is 0 Å². The summed E-state index contributed by atoms with van der Waals surface area (Å²) in [5.41, 5.74) is 0. The number of amides is 1. The number of rotatable bonds is 5. The largest absolute Gasteiger partial charge is 0.340 e. The van der Waals surface area contributed by atoms with E-state index in [1.165, 1.54) is 30.8 Å². The molecule has 1 unspecified atom stereocenters. The van der Waals surface area contributed by atoms with Crippen LogP contribution in [0, 0.1) is 5.92 Å². The zero-order chi connectivity index (χ0) is 14.5. The van der Waals surface area contributed by atoms with Crippen molar-refractivity contribution in [1.82, 2.24) is 15.1 Å². The summed E-state index contributed by atoms with van der Waals surface area (Å²) in [6.45, 7) is 6.22. The number of nitrogens with zero attached hydrogens (tertiary/aromatic N) is 2. The van der Waals surface area contributed by atoms with Gasteiger partial charge in [0.1, 0.15) is 0 Å². The molecule has 21 heavy (non-hydrogen) atoms. The van der Waals surface area contributed by atoms with Gasteiger partial charge in [0.15, 0.2) is 0 Å². The molecule has 2 saturated heterocycles. The lowest BCUT2D eigenvalue weighted by atomic mass is 10.1. The summed E-state index contributed by atoms with van der Waals surface area (Å²) in [5.74, 6) is 3.38. The van der Waals surface area contributed by atoms with Crippen LogP contribution in [0.5, 0.6) is 0 Å². The fourth-order valence-electron chi connectivity index (χ4n) is 3.75. The van der Waals surface area contributed by atoms with E-state index in [2.05, 4.69) is 26.9 Å². The molecule has 4 nitrogen and oxygen atoms in total. The third-order valence-electron chi connectivity index (χ3n) is 5.18. The first-order valence-corrected chi connectivity index (χ1v) is 9.80. The van der Waals surface area contributed by atoms with E-state index in [0.29, 0.717) is 11.8 Å². The van der Waals surface area contributed by atoms with Gasteiger partial charge in [-0.2, -0.15) is 11.8 Å². The van der Waals surface area contributed by atoms with Gasteiger partial charge in [-0.15, -0.1) is 0 Å². The lowest BCUT2D eigenvalue weighted by molar-refractivity contribution is -0.137. The number of thioether (sulfide) groups is 1. The Morgan fingerprint density at radius 1 is 1.10 bits per heavy atom. The van der Waals surface area contributed by atoms with Gasteiger partial charge in [0, 0.05) is 57.0 Å². The first kappa shape index (κ1) is 15.6. The average Bonchev–Trinajstić information content (AvgIpc) is 3.21. The molecule has 1 saturated carbocycles. The first-order chi connectivity index (χ1) is 10.3. The molecule has 2 aliphatic heterocycles. The van der Waals surface area contributed by atoms with E-state index >= 15 is 0 Å². The molecule has 1 atom stereocenters. The highest BCUT2D eigenvalue weighted by molar-refractivity contribution is 7.99. The topological polar surface area (TPSA) is 35.6 Å². The predicted octanol–water partition coefficient (Wildman–Crippen LogP) is 1.42. The molecule has 0 bridgehead atoms. The van der Waals surface area contributed by atoms with Crippen molar-refractivity contribution in [1.29, 1.82) is 0 Å². The molecule has 5 heteroatoms. The highest BCUT2D eigenvalue weighted by Gasteiger charge is 2.29. The van der Waals surface area contributed by atoms with Crippen LogP contribution in [0.1, 0.15) is 32.1 Å². The number of piperazine rings is 1. The minimum atomic E-state index is 0.345. The Kier molecular flexibility index (Phi) is 5.83. The van der Waals surface area contributed by atoms with Crippen LogP contribution in [0.2, 0.25) is 0 Å². The first-order valence-electron chi connectivity index (χ1n) is 8.65. The van der Waals surface area contributed by atoms with Crippen molar-refractivity contribution in [3.8, 4) is 0 Å². The molecule has 0 aromatic carbocycles. The Hall–Kier alpha value is -0.260. The zero-order valence-electron chi connectivity index (χ0n) is 13.1. The van der Waals surface area contributed by atoms with Gasteiger partial charge >= 0.3 is 0 Å². The Morgan fingerprint density at radius 2 is 1.86 bits per heavy atom. The highest BCUT2D eigenvalue weighted by Crippen LogP contribution is 2.26. The maximum absolute atomic E-state index is 12.4. The third-order valence-corrected chi connectivity index (χ3v) is 6.34.